The average molecular weight is 418 g/mol. The van der Waals surface area contributed by atoms with E-state index in [0.29, 0.717) is 10.2 Å². The van der Waals surface area contributed by atoms with Crippen LogP contribution in [0.1, 0.15) is 22.3 Å². The number of thiophene rings is 1. The fourth-order valence-electron chi connectivity index (χ4n) is 3.55. The van der Waals surface area contributed by atoms with Gasteiger partial charge in [0.1, 0.15) is 11.4 Å². The van der Waals surface area contributed by atoms with E-state index in [-0.39, 0.29) is 18.0 Å². The summed E-state index contributed by atoms with van der Waals surface area (Å²) in [6.45, 7) is 7.93. The van der Waals surface area contributed by atoms with E-state index in [9.17, 15) is 9.59 Å². The van der Waals surface area contributed by atoms with Gasteiger partial charge in [-0.3, -0.25) is 14.2 Å². The van der Waals surface area contributed by atoms with Gasteiger partial charge in [0.05, 0.1) is 11.7 Å². The van der Waals surface area contributed by atoms with Gasteiger partial charge in [0, 0.05) is 16.6 Å². The van der Waals surface area contributed by atoms with Gasteiger partial charge in [-0.25, -0.2) is 4.98 Å². The van der Waals surface area contributed by atoms with Crippen molar-refractivity contribution in [3.05, 3.63) is 80.7 Å². The molecule has 0 fully saturated rings. The third-order valence-corrected chi connectivity index (χ3v) is 6.32. The molecule has 6 heteroatoms. The number of fused-ring (bicyclic) bond motifs is 1. The molecule has 5 nitrogen and oxygen atoms in total. The first-order valence-corrected chi connectivity index (χ1v) is 10.6. The van der Waals surface area contributed by atoms with E-state index >= 15 is 0 Å². The molecule has 2 aromatic carbocycles. The monoisotopic (exact) mass is 417 g/mol. The Kier molecular flexibility index (Phi) is 5.26. The number of nitrogens with zero attached hydrogens (tertiary/aromatic N) is 2. The Hall–Kier alpha value is -3.25. The summed E-state index contributed by atoms with van der Waals surface area (Å²) in [5.41, 5.74) is 6.78. The smallest absolute Gasteiger partial charge is 0.263 e. The first-order chi connectivity index (χ1) is 14.3. The minimum Gasteiger partial charge on any atom is -0.324 e. The van der Waals surface area contributed by atoms with E-state index in [1.165, 1.54) is 33.4 Å². The van der Waals surface area contributed by atoms with Gasteiger partial charge in [-0.15, -0.1) is 11.3 Å². The number of anilines is 1. The first kappa shape index (κ1) is 20.0. The minimum absolute atomic E-state index is 0.0856. The van der Waals surface area contributed by atoms with Crippen LogP contribution in [0.5, 0.6) is 0 Å². The molecule has 2 heterocycles. The number of rotatable bonds is 4. The van der Waals surface area contributed by atoms with Crippen LogP contribution >= 0.6 is 11.3 Å². The highest BCUT2D eigenvalue weighted by Crippen LogP contribution is 2.31. The molecule has 1 amide bonds. The number of aryl methyl sites for hydroxylation is 4. The molecule has 0 aliphatic rings. The van der Waals surface area contributed by atoms with E-state index in [0.717, 1.165) is 27.9 Å². The number of carbonyl (C=O) groups is 1. The first-order valence-electron chi connectivity index (χ1n) is 9.75. The Balaban J connectivity index is 1.69. The molecule has 0 radical (unpaired) electrons. The Morgan fingerprint density at radius 1 is 1.03 bits per heavy atom. The quantitative estimate of drug-likeness (QED) is 0.508. The molecule has 0 saturated heterocycles. The normalized spacial score (nSPS) is 11.1. The lowest BCUT2D eigenvalue weighted by atomic mass is 10.0. The van der Waals surface area contributed by atoms with Crippen molar-refractivity contribution in [2.24, 2.45) is 0 Å². The van der Waals surface area contributed by atoms with E-state index in [1.54, 1.807) is 0 Å². The van der Waals surface area contributed by atoms with Crippen LogP contribution in [0.25, 0.3) is 21.3 Å². The number of carbonyl (C=O) groups excluding carboxylic acids is 1. The maximum atomic E-state index is 13.2. The Bertz CT molecular complexity index is 1310. The predicted octanol–water partition coefficient (Wildman–Crippen LogP) is 5.00. The van der Waals surface area contributed by atoms with Crippen molar-refractivity contribution in [1.82, 2.24) is 9.55 Å². The largest absolute Gasteiger partial charge is 0.324 e. The number of hydrogen-bond donors (Lipinski definition) is 1. The molecule has 152 valence electrons. The lowest BCUT2D eigenvalue weighted by Crippen LogP contribution is -2.28. The Morgan fingerprint density at radius 2 is 1.77 bits per heavy atom. The van der Waals surface area contributed by atoms with Crippen LogP contribution in [0.2, 0.25) is 0 Å². The zero-order valence-electron chi connectivity index (χ0n) is 17.4. The molecule has 0 aliphatic heterocycles. The van der Waals surface area contributed by atoms with Gasteiger partial charge in [0.15, 0.2) is 0 Å². The van der Waals surface area contributed by atoms with Gasteiger partial charge in [-0.1, -0.05) is 36.4 Å². The van der Waals surface area contributed by atoms with Gasteiger partial charge in [-0.2, -0.15) is 0 Å². The molecule has 0 aliphatic carbocycles. The van der Waals surface area contributed by atoms with Crippen molar-refractivity contribution in [2.75, 3.05) is 5.32 Å². The van der Waals surface area contributed by atoms with Crippen LogP contribution in [-0.4, -0.2) is 15.5 Å². The van der Waals surface area contributed by atoms with Crippen molar-refractivity contribution in [3.63, 3.8) is 0 Å². The third-order valence-electron chi connectivity index (χ3n) is 5.44. The van der Waals surface area contributed by atoms with Gasteiger partial charge < -0.3 is 5.32 Å². The topological polar surface area (TPSA) is 64.0 Å². The summed E-state index contributed by atoms with van der Waals surface area (Å²) in [6, 6.07) is 12.0. The molecule has 0 saturated carbocycles. The van der Waals surface area contributed by atoms with E-state index in [4.69, 9.17) is 0 Å². The van der Waals surface area contributed by atoms with Crippen LogP contribution in [0.4, 0.5) is 5.69 Å². The second-order valence-corrected chi connectivity index (χ2v) is 8.48. The minimum atomic E-state index is -0.251. The summed E-state index contributed by atoms with van der Waals surface area (Å²) in [5, 5.41) is 5.46. The highest BCUT2D eigenvalue weighted by molar-refractivity contribution is 7.17. The zero-order valence-corrected chi connectivity index (χ0v) is 18.3. The van der Waals surface area contributed by atoms with Gasteiger partial charge in [0.2, 0.25) is 5.91 Å². The standard InChI is InChI=1S/C24H23N3O2S/c1-14-8-9-18(10-17(14)4)19-12-30-23-21(19)24(29)27(13-25-23)11-20(28)26-22-15(2)6-5-7-16(22)3/h5-10,12-13H,11H2,1-4H3,(H,26,28). The van der Waals surface area contributed by atoms with Crippen LogP contribution < -0.4 is 10.9 Å². The molecule has 0 unspecified atom stereocenters. The van der Waals surface area contributed by atoms with E-state index in [2.05, 4.69) is 36.3 Å². The lowest BCUT2D eigenvalue weighted by molar-refractivity contribution is -0.116. The van der Waals surface area contributed by atoms with Crippen LogP contribution in [0.3, 0.4) is 0 Å². The molecule has 0 atom stereocenters. The van der Waals surface area contributed by atoms with Crippen molar-refractivity contribution >= 4 is 33.1 Å². The molecule has 0 bridgehead atoms. The number of nitrogens with one attached hydrogen (secondary N) is 1. The third kappa shape index (κ3) is 3.66. The number of benzene rings is 2. The molecule has 4 rings (SSSR count). The van der Waals surface area contributed by atoms with Crippen LogP contribution in [-0.2, 0) is 11.3 Å². The molecule has 4 aromatic rings. The number of hydrogen-bond acceptors (Lipinski definition) is 4. The maximum absolute atomic E-state index is 13.2. The number of amides is 1. The van der Waals surface area contributed by atoms with Crippen LogP contribution in [0, 0.1) is 27.7 Å². The summed E-state index contributed by atoms with van der Waals surface area (Å²) < 4.78 is 1.38. The summed E-state index contributed by atoms with van der Waals surface area (Å²) in [7, 11) is 0. The SMILES string of the molecule is Cc1ccc(-c2csc3ncn(CC(=O)Nc4c(C)cccc4C)c(=O)c23)cc1C. The number of para-hydroxylation sites is 1. The maximum Gasteiger partial charge on any atom is 0.263 e. The van der Waals surface area contributed by atoms with Crippen molar-refractivity contribution < 1.29 is 4.79 Å². The van der Waals surface area contributed by atoms with Gasteiger partial charge in [-0.05, 0) is 55.5 Å². The summed E-state index contributed by atoms with van der Waals surface area (Å²) in [4.78, 5) is 31.0. The summed E-state index contributed by atoms with van der Waals surface area (Å²) in [6.07, 6.45) is 1.45. The fourth-order valence-corrected chi connectivity index (χ4v) is 4.45. The van der Waals surface area contributed by atoms with Crippen molar-refractivity contribution in [2.45, 2.75) is 34.2 Å². The van der Waals surface area contributed by atoms with Crippen LogP contribution in [0.15, 0.2) is 52.9 Å². The molecule has 0 spiro atoms. The van der Waals surface area contributed by atoms with Gasteiger partial charge >= 0.3 is 0 Å². The summed E-state index contributed by atoms with van der Waals surface area (Å²) in [5.74, 6) is -0.251. The van der Waals surface area contributed by atoms with Crippen molar-refractivity contribution in [3.8, 4) is 11.1 Å². The highest BCUT2D eigenvalue weighted by Gasteiger charge is 2.16. The molecular weight excluding hydrogens is 394 g/mol. The van der Waals surface area contributed by atoms with Gasteiger partial charge in [0.25, 0.3) is 5.56 Å². The van der Waals surface area contributed by atoms with E-state index < -0.39 is 0 Å². The predicted molar refractivity (Wildman–Crippen MR) is 123 cm³/mol. The second kappa shape index (κ2) is 7.88. The summed E-state index contributed by atoms with van der Waals surface area (Å²) >= 11 is 1.44. The van der Waals surface area contributed by atoms with Crippen molar-refractivity contribution in [1.29, 1.82) is 0 Å². The fraction of sp³-hybridized carbons (Fsp3) is 0.208. The van der Waals surface area contributed by atoms with E-state index in [1.807, 2.05) is 43.5 Å². The highest BCUT2D eigenvalue weighted by atomic mass is 32.1. The molecule has 1 N–H and O–H groups in total. The Labute approximate surface area is 179 Å². The second-order valence-electron chi connectivity index (χ2n) is 7.62. The lowest BCUT2D eigenvalue weighted by Gasteiger charge is -2.12. The zero-order chi connectivity index (χ0) is 21.4. The molecule has 2 aromatic heterocycles. The molecule has 30 heavy (non-hydrogen) atoms. The average Bonchev–Trinajstić information content (AvgIpc) is 3.14. The Morgan fingerprint density at radius 3 is 2.47 bits per heavy atom. The number of aromatic nitrogens is 2. The molecular formula is C24H23N3O2S.